The van der Waals surface area contributed by atoms with Crippen LogP contribution in [-0.4, -0.2) is 11.5 Å². The molecule has 1 aromatic rings. The Morgan fingerprint density at radius 2 is 2.06 bits per heavy atom. The van der Waals surface area contributed by atoms with E-state index in [0.717, 1.165) is 30.3 Å². The van der Waals surface area contributed by atoms with Crippen LogP contribution in [0.1, 0.15) is 25.3 Å². The Kier molecular flexibility index (Phi) is 5.30. The summed E-state index contributed by atoms with van der Waals surface area (Å²) in [6.45, 7) is 2.13. The van der Waals surface area contributed by atoms with Gasteiger partial charge >= 0.3 is 0 Å². The quantitative estimate of drug-likeness (QED) is 0.350. The summed E-state index contributed by atoms with van der Waals surface area (Å²) in [6, 6.07) is 4.11. The molecule has 0 heterocycles. The molecule has 98 valence electrons. The molecule has 0 bridgehead atoms. The SMILES string of the molecule is CC1C=C(c2ccc(F)c(F)c2)CC1.N/C=N\O. The number of hydrogen-bond donors (Lipinski definition) is 2. The molecule has 0 radical (unpaired) electrons. The fourth-order valence-electron chi connectivity index (χ4n) is 1.83. The predicted octanol–water partition coefficient (Wildman–Crippen LogP) is 3.14. The van der Waals surface area contributed by atoms with E-state index in [9.17, 15) is 8.78 Å². The molecule has 5 heteroatoms. The van der Waals surface area contributed by atoms with Gasteiger partial charge in [0.15, 0.2) is 11.6 Å². The van der Waals surface area contributed by atoms with Crippen LogP contribution in [-0.2, 0) is 0 Å². The van der Waals surface area contributed by atoms with Crippen molar-refractivity contribution >= 4 is 11.9 Å². The fraction of sp³-hybridized carbons (Fsp3) is 0.308. The van der Waals surface area contributed by atoms with Crippen molar-refractivity contribution in [3.63, 3.8) is 0 Å². The lowest BCUT2D eigenvalue weighted by atomic mass is 10.1. The van der Waals surface area contributed by atoms with E-state index < -0.39 is 11.6 Å². The minimum Gasteiger partial charge on any atom is -0.410 e. The Labute approximate surface area is 105 Å². The largest absolute Gasteiger partial charge is 0.410 e. The van der Waals surface area contributed by atoms with Crippen LogP contribution in [0, 0.1) is 17.6 Å². The van der Waals surface area contributed by atoms with Crippen molar-refractivity contribution in [2.45, 2.75) is 19.8 Å². The van der Waals surface area contributed by atoms with Crippen molar-refractivity contribution in [2.75, 3.05) is 0 Å². The summed E-state index contributed by atoms with van der Waals surface area (Å²) in [5, 5.41) is 9.71. The van der Waals surface area contributed by atoms with E-state index in [-0.39, 0.29) is 0 Å². The molecule has 1 aromatic carbocycles. The van der Waals surface area contributed by atoms with Gasteiger partial charge in [0, 0.05) is 0 Å². The van der Waals surface area contributed by atoms with Gasteiger partial charge in [0.05, 0.1) is 0 Å². The number of halogens is 2. The second-order valence-electron chi connectivity index (χ2n) is 4.10. The van der Waals surface area contributed by atoms with Crippen molar-refractivity contribution in [3.8, 4) is 0 Å². The maximum absolute atomic E-state index is 12.9. The van der Waals surface area contributed by atoms with Gasteiger partial charge in [-0.1, -0.05) is 24.2 Å². The molecule has 0 amide bonds. The van der Waals surface area contributed by atoms with Crippen molar-refractivity contribution in [1.82, 2.24) is 0 Å². The van der Waals surface area contributed by atoms with Gasteiger partial charge in [0.2, 0.25) is 0 Å². The molecule has 1 aliphatic carbocycles. The molecule has 1 aliphatic rings. The molecular formula is C13H16F2N2O. The Balaban J connectivity index is 0.000000357. The lowest BCUT2D eigenvalue weighted by Gasteiger charge is -2.01. The van der Waals surface area contributed by atoms with E-state index in [2.05, 4.69) is 23.9 Å². The average Bonchev–Trinajstić information content (AvgIpc) is 2.80. The highest BCUT2D eigenvalue weighted by Crippen LogP contribution is 2.31. The average molecular weight is 254 g/mol. The molecule has 2 rings (SSSR count). The Hall–Kier alpha value is -1.91. The summed E-state index contributed by atoms with van der Waals surface area (Å²) in [4.78, 5) is 0. The third-order valence-electron chi connectivity index (χ3n) is 2.71. The molecule has 3 N–H and O–H groups in total. The normalized spacial score (nSPS) is 18.4. The third kappa shape index (κ3) is 3.84. The number of nitrogens with zero attached hydrogens (tertiary/aromatic N) is 1. The number of rotatable bonds is 1. The Bertz CT molecular complexity index is 454. The highest BCUT2D eigenvalue weighted by Gasteiger charge is 2.14. The Morgan fingerprint density at radius 1 is 1.39 bits per heavy atom. The van der Waals surface area contributed by atoms with E-state index in [4.69, 9.17) is 5.21 Å². The first-order valence-corrected chi connectivity index (χ1v) is 5.62. The molecule has 3 nitrogen and oxygen atoms in total. The van der Waals surface area contributed by atoms with E-state index in [1.807, 2.05) is 0 Å². The molecule has 0 saturated heterocycles. The number of benzene rings is 1. The predicted molar refractivity (Wildman–Crippen MR) is 67.2 cm³/mol. The lowest BCUT2D eigenvalue weighted by Crippen LogP contribution is -1.87. The van der Waals surface area contributed by atoms with Gasteiger partial charge in [0.25, 0.3) is 0 Å². The number of nitrogens with two attached hydrogens (primary N) is 1. The second kappa shape index (κ2) is 6.74. The van der Waals surface area contributed by atoms with Gasteiger partial charge < -0.3 is 10.9 Å². The van der Waals surface area contributed by atoms with Crippen molar-refractivity contribution in [3.05, 3.63) is 41.5 Å². The van der Waals surface area contributed by atoms with Gasteiger partial charge in [-0.3, -0.25) is 0 Å². The minimum absolute atomic E-state index is 0.554. The maximum Gasteiger partial charge on any atom is 0.159 e. The van der Waals surface area contributed by atoms with E-state index in [1.165, 1.54) is 12.1 Å². The topological polar surface area (TPSA) is 58.6 Å². The van der Waals surface area contributed by atoms with Gasteiger partial charge in [-0.2, -0.15) is 0 Å². The van der Waals surface area contributed by atoms with Crippen LogP contribution >= 0.6 is 0 Å². The summed E-state index contributed by atoms with van der Waals surface area (Å²) < 4.78 is 25.6. The van der Waals surface area contributed by atoms with E-state index >= 15 is 0 Å². The number of hydrogen-bond acceptors (Lipinski definition) is 2. The smallest absolute Gasteiger partial charge is 0.159 e. The molecular weight excluding hydrogens is 238 g/mol. The Morgan fingerprint density at radius 3 is 2.50 bits per heavy atom. The van der Waals surface area contributed by atoms with Gasteiger partial charge in [-0.05, 0) is 42.0 Å². The molecule has 1 atom stereocenters. The maximum atomic E-state index is 12.9. The zero-order valence-electron chi connectivity index (χ0n) is 10.1. The van der Waals surface area contributed by atoms with Gasteiger partial charge in [-0.25, -0.2) is 8.78 Å². The summed E-state index contributed by atoms with van der Waals surface area (Å²) in [7, 11) is 0. The summed E-state index contributed by atoms with van der Waals surface area (Å²) in [6.07, 6.45) is 5.01. The first-order chi connectivity index (χ1) is 8.58. The number of allylic oxidation sites excluding steroid dienone is 2. The highest BCUT2D eigenvalue weighted by atomic mass is 19.2. The standard InChI is InChI=1S/C12H12F2.CH4N2O/c1-8-2-3-9(6-8)10-4-5-11(13)12(14)7-10;2-1-3-4/h4-8H,2-3H2,1H3;1,4H,(H2,2,3). The van der Waals surface area contributed by atoms with Gasteiger partial charge in [-0.15, -0.1) is 0 Å². The van der Waals surface area contributed by atoms with Crippen molar-refractivity contribution < 1.29 is 14.0 Å². The summed E-state index contributed by atoms with van der Waals surface area (Å²) >= 11 is 0. The molecule has 1 unspecified atom stereocenters. The first-order valence-electron chi connectivity index (χ1n) is 5.62. The lowest BCUT2D eigenvalue weighted by molar-refractivity contribution is 0.321. The zero-order chi connectivity index (χ0) is 13.5. The van der Waals surface area contributed by atoms with Crippen LogP contribution in [0.3, 0.4) is 0 Å². The monoisotopic (exact) mass is 254 g/mol. The van der Waals surface area contributed by atoms with Crippen LogP contribution < -0.4 is 5.73 Å². The van der Waals surface area contributed by atoms with Gasteiger partial charge in [0.1, 0.15) is 6.34 Å². The second-order valence-corrected chi connectivity index (χ2v) is 4.10. The molecule has 0 fully saturated rings. The van der Waals surface area contributed by atoms with E-state index in [1.54, 1.807) is 6.07 Å². The molecule has 18 heavy (non-hydrogen) atoms. The molecule has 0 spiro atoms. The molecule has 0 aliphatic heterocycles. The summed E-state index contributed by atoms with van der Waals surface area (Å²) in [5.74, 6) is -0.985. The number of oxime groups is 1. The first kappa shape index (κ1) is 14.2. The molecule has 0 saturated carbocycles. The van der Waals surface area contributed by atoms with Crippen LogP contribution in [0.4, 0.5) is 8.78 Å². The van der Waals surface area contributed by atoms with Crippen LogP contribution in [0.25, 0.3) is 5.57 Å². The third-order valence-corrected chi connectivity index (χ3v) is 2.71. The minimum atomic E-state index is -0.777. The molecule has 0 aromatic heterocycles. The van der Waals surface area contributed by atoms with Crippen molar-refractivity contribution in [2.24, 2.45) is 16.8 Å². The highest BCUT2D eigenvalue weighted by molar-refractivity contribution is 5.67. The van der Waals surface area contributed by atoms with Crippen LogP contribution in [0.15, 0.2) is 29.4 Å². The summed E-state index contributed by atoms with van der Waals surface area (Å²) in [5.41, 5.74) is 6.43. The fourth-order valence-corrected chi connectivity index (χ4v) is 1.83. The van der Waals surface area contributed by atoms with Crippen LogP contribution in [0.2, 0.25) is 0 Å². The van der Waals surface area contributed by atoms with Crippen LogP contribution in [0.5, 0.6) is 0 Å². The zero-order valence-corrected chi connectivity index (χ0v) is 10.1. The van der Waals surface area contributed by atoms with Crippen molar-refractivity contribution in [1.29, 1.82) is 0 Å². The van der Waals surface area contributed by atoms with E-state index in [0.29, 0.717) is 5.92 Å².